The highest BCUT2D eigenvalue weighted by Gasteiger charge is 2.44. The van der Waals surface area contributed by atoms with Gasteiger partial charge in [-0.2, -0.15) is 5.10 Å². The lowest BCUT2D eigenvalue weighted by Crippen LogP contribution is -2.52. The molecule has 1 aromatic carbocycles. The summed E-state index contributed by atoms with van der Waals surface area (Å²) in [6.45, 7) is 0.738. The van der Waals surface area contributed by atoms with Crippen LogP contribution < -0.4 is 0 Å². The number of halogens is 1. The number of carboxylic acids is 1. The first-order valence-electron chi connectivity index (χ1n) is 8.27. The van der Waals surface area contributed by atoms with E-state index in [4.69, 9.17) is 0 Å². The van der Waals surface area contributed by atoms with E-state index in [0.717, 1.165) is 5.56 Å². The normalized spacial score (nSPS) is 16.6. The van der Waals surface area contributed by atoms with Gasteiger partial charge in [0.2, 0.25) is 5.91 Å². The van der Waals surface area contributed by atoms with Gasteiger partial charge in [0, 0.05) is 44.7 Å². The van der Waals surface area contributed by atoms with E-state index >= 15 is 0 Å². The van der Waals surface area contributed by atoms with Crippen molar-refractivity contribution in [1.29, 1.82) is 0 Å². The molecule has 0 spiro atoms. The average Bonchev–Trinajstić information content (AvgIpc) is 3.15. The molecule has 1 saturated heterocycles. The lowest BCUT2D eigenvalue weighted by Gasteiger charge is -2.39. The molecule has 25 heavy (non-hydrogen) atoms. The Morgan fingerprint density at radius 3 is 2.60 bits per heavy atom. The first-order chi connectivity index (χ1) is 12.0. The summed E-state index contributed by atoms with van der Waals surface area (Å²) in [5.41, 5.74) is -0.315. The van der Waals surface area contributed by atoms with Gasteiger partial charge in [-0.15, -0.1) is 0 Å². The van der Waals surface area contributed by atoms with E-state index < -0.39 is 11.5 Å². The molecule has 0 radical (unpaired) electrons. The molecule has 2 heterocycles. The van der Waals surface area contributed by atoms with Gasteiger partial charge in [-0.25, -0.2) is 9.18 Å². The van der Waals surface area contributed by atoms with E-state index in [9.17, 15) is 19.1 Å². The third kappa shape index (κ3) is 3.55. The Bertz CT molecular complexity index is 753. The third-order valence-electron chi connectivity index (χ3n) is 4.80. The number of aliphatic carboxylic acids is 1. The van der Waals surface area contributed by atoms with E-state index in [1.807, 2.05) is 0 Å². The molecule has 1 amide bonds. The summed E-state index contributed by atoms with van der Waals surface area (Å²) in [6, 6.07) is 7.91. The number of rotatable bonds is 5. The fourth-order valence-corrected chi connectivity index (χ4v) is 3.29. The highest BCUT2D eigenvalue weighted by Crippen LogP contribution is 2.30. The molecule has 6 nitrogen and oxygen atoms in total. The molecule has 0 bridgehead atoms. The van der Waals surface area contributed by atoms with E-state index in [2.05, 4.69) is 5.10 Å². The summed E-state index contributed by atoms with van der Waals surface area (Å²) in [7, 11) is 0. The Morgan fingerprint density at radius 1 is 1.24 bits per heavy atom. The Kier molecular flexibility index (Phi) is 4.83. The zero-order chi connectivity index (χ0) is 17.9. The van der Waals surface area contributed by atoms with Crippen molar-refractivity contribution in [2.75, 3.05) is 13.1 Å². The van der Waals surface area contributed by atoms with Gasteiger partial charge in [0.05, 0.1) is 0 Å². The monoisotopic (exact) mass is 345 g/mol. The fraction of sp³-hybridized carbons (Fsp3) is 0.389. The van der Waals surface area contributed by atoms with Crippen molar-refractivity contribution in [3.63, 3.8) is 0 Å². The molecule has 0 aliphatic carbocycles. The van der Waals surface area contributed by atoms with E-state index in [1.54, 1.807) is 35.5 Å². The van der Waals surface area contributed by atoms with Crippen LogP contribution in [0.5, 0.6) is 0 Å². The Labute approximate surface area is 144 Å². The van der Waals surface area contributed by atoms with Gasteiger partial charge in [-0.1, -0.05) is 12.1 Å². The molecule has 1 aliphatic rings. The maximum absolute atomic E-state index is 13.2. The Morgan fingerprint density at radius 2 is 2.00 bits per heavy atom. The highest BCUT2D eigenvalue weighted by molar-refractivity contribution is 5.79. The van der Waals surface area contributed by atoms with Crippen LogP contribution in [-0.2, 0) is 21.5 Å². The largest absolute Gasteiger partial charge is 0.479 e. The maximum Gasteiger partial charge on any atom is 0.331 e. The lowest BCUT2D eigenvalue weighted by molar-refractivity contribution is -0.153. The quantitative estimate of drug-likeness (QED) is 0.900. The van der Waals surface area contributed by atoms with Crippen molar-refractivity contribution in [3.8, 4) is 0 Å². The highest BCUT2D eigenvalue weighted by atomic mass is 19.1. The minimum atomic E-state index is -1.09. The van der Waals surface area contributed by atoms with Gasteiger partial charge in [0.1, 0.15) is 5.82 Å². The first kappa shape index (κ1) is 17.1. The Balaban J connectivity index is 1.59. The van der Waals surface area contributed by atoms with Crippen molar-refractivity contribution < 1.29 is 19.1 Å². The smallest absolute Gasteiger partial charge is 0.331 e. The zero-order valence-electron chi connectivity index (χ0n) is 13.8. The topological polar surface area (TPSA) is 75.4 Å². The SMILES string of the molecule is O=C(CCc1cccc(F)c1)N1CCC(C(=O)O)(n2cccn2)CC1. The number of carbonyl (C=O) groups is 2. The van der Waals surface area contributed by atoms with Gasteiger partial charge in [0.15, 0.2) is 5.54 Å². The lowest BCUT2D eigenvalue weighted by atomic mass is 9.87. The fourth-order valence-electron chi connectivity index (χ4n) is 3.29. The molecule has 1 aromatic heterocycles. The molecule has 2 aromatic rings. The summed E-state index contributed by atoms with van der Waals surface area (Å²) in [6.07, 6.45) is 4.59. The van der Waals surface area contributed by atoms with Crippen LogP contribution in [0, 0.1) is 5.82 Å². The van der Waals surface area contributed by atoms with Gasteiger partial charge in [-0.3, -0.25) is 9.48 Å². The second-order valence-corrected chi connectivity index (χ2v) is 6.30. The van der Waals surface area contributed by atoms with Gasteiger partial charge < -0.3 is 10.0 Å². The van der Waals surface area contributed by atoms with Crippen molar-refractivity contribution in [2.24, 2.45) is 0 Å². The van der Waals surface area contributed by atoms with Crippen molar-refractivity contribution >= 4 is 11.9 Å². The number of benzene rings is 1. The molecule has 3 rings (SSSR count). The first-order valence-corrected chi connectivity index (χ1v) is 8.27. The van der Waals surface area contributed by atoms with Crippen LogP contribution in [-0.4, -0.2) is 44.8 Å². The van der Waals surface area contributed by atoms with Crippen LogP contribution in [0.15, 0.2) is 42.7 Å². The number of hydrogen-bond acceptors (Lipinski definition) is 3. The molecule has 0 unspecified atom stereocenters. The number of amides is 1. The minimum absolute atomic E-state index is 0.0382. The predicted molar refractivity (Wildman–Crippen MR) is 88.4 cm³/mol. The number of aromatic nitrogens is 2. The standard InChI is InChI=1S/C18H20FN3O3/c19-15-4-1-3-14(13-15)5-6-16(23)21-11-7-18(8-12-21,17(24)25)22-10-2-9-20-22/h1-4,9-10,13H,5-8,11-12H2,(H,24,25). The molecule has 0 saturated carbocycles. The van der Waals surface area contributed by atoms with Crippen LogP contribution in [0.3, 0.4) is 0 Å². The summed E-state index contributed by atoms with van der Waals surface area (Å²) >= 11 is 0. The van der Waals surface area contributed by atoms with Crippen molar-refractivity contribution in [1.82, 2.24) is 14.7 Å². The van der Waals surface area contributed by atoms with Crippen molar-refractivity contribution in [2.45, 2.75) is 31.2 Å². The summed E-state index contributed by atoms with van der Waals surface area (Å²) in [4.78, 5) is 25.9. The van der Waals surface area contributed by atoms with Crippen molar-refractivity contribution in [3.05, 3.63) is 54.1 Å². The molecule has 132 valence electrons. The second-order valence-electron chi connectivity index (χ2n) is 6.30. The maximum atomic E-state index is 13.2. The molecule has 7 heteroatoms. The molecular formula is C18H20FN3O3. The van der Waals surface area contributed by atoms with Crippen LogP contribution in [0.4, 0.5) is 4.39 Å². The second kappa shape index (κ2) is 7.04. The number of nitrogens with zero attached hydrogens (tertiary/aromatic N) is 3. The number of carboxylic acid groups (broad SMARTS) is 1. The van der Waals surface area contributed by atoms with Crippen LogP contribution in [0.1, 0.15) is 24.8 Å². The number of carbonyl (C=O) groups excluding carboxylic acids is 1. The molecule has 1 N–H and O–H groups in total. The van der Waals surface area contributed by atoms with E-state index in [-0.39, 0.29) is 18.1 Å². The van der Waals surface area contributed by atoms with E-state index in [1.165, 1.54) is 16.8 Å². The summed E-state index contributed by atoms with van der Waals surface area (Å²) < 4.78 is 14.7. The summed E-state index contributed by atoms with van der Waals surface area (Å²) in [5.74, 6) is -1.28. The molecule has 1 fully saturated rings. The number of hydrogen-bond donors (Lipinski definition) is 1. The third-order valence-corrected chi connectivity index (χ3v) is 4.80. The number of likely N-dealkylation sites (tertiary alicyclic amines) is 1. The number of aryl methyl sites for hydroxylation is 1. The van der Waals surface area contributed by atoms with Gasteiger partial charge >= 0.3 is 5.97 Å². The molecular weight excluding hydrogens is 325 g/mol. The Hall–Kier alpha value is -2.70. The minimum Gasteiger partial charge on any atom is -0.479 e. The zero-order valence-corrected chi connectivity index (χ0v) is 13.8. The molecule has 0 atom stereocenters. The predicted octanol–water partition coefficient (Wildman–Crippen LogP) is 2.06. The van der Waals surface area contributed by atoms with Crippen LogP contribution in [0.2, 0.25) is 0 Å². The van der Waals surface area contributed by atoms with Gasteiger partial charge in [-0.05, 0) is 30.2 Å². The number of piperidine rings is 1. The average molecular weight is 345 g/mol. The summed E-state index contributed by atoms with van der Waals surface area (Å²) in [5, 5.41) is 13.7. The van der Waals surface area contributed by atoms with Crippen LogP contribution >= 0.6 is 0 Å². The van der Waals surface area contributed by atoms with Gasteiger partial charge in [0.25, 0.3) is 0 Å². The molecule has 1 aliphatic heterocycles. The van der Waals surface area contributed by atoms with Crippen LogP contribution in [0.25, 0.3) is 0 Å². The van der Waals surface area contributed by atoms with E-state index in [0.29, 0.717) is 32.4 Å².